The summed E-state index contributed by atoms with van der Waals surface area (Å²) in [5.41, 5.74) is 0.738. The van der Waals surface area contributed by atoms with Gasteiger partial charge in [0.2, 0.25) is 4.96 Å². The van der Waals surface area contributed by atoms with Crippen LogP contribution in [0.2, 0.25) is 0 Å². The average molecular weight is 442 g/mol. The number of fused-ring (bicyclic) bond motifs is 2. The Morgan fingerprint density at radius 2 is 1.93 bits per heavy atom. The van der Waals surface area contributed by atoms with Crippen LogP contribution in [0.4, 0.5) is 0 Å². The van der Waals surface area contributed by atoms with Crippen LogP contribution in [0.15, 0.2) is 57.8 Å². The fourth-order valence-electron chi connectivity index (χ4n) is 2.87. The topological polar surface area (TPSA) is 65.7 Å². The summed E-state index contributed by atoms with van der Waals surface area (Å²) in [5, 5.41) is 4.36. The van der Waals surface area contributed by atoms with Crippen molar-refractivity contribution in [3.05, 3.63) is 79.3 Å². The van der Waals surface area contributed by atoms with Gasteiger partial charge in [0, 0.05) is 4.47 Å². The van der Waals surface area contributed by atoms with Gasteiger partial charge in [-0.25, -0.2) is 0 Å². The number of hydrogen-bond acceptors (Lipinski definition) is 6. The maximum atomic E-state index is 12.7. The van der Waals surface area contributed by atoms with Crippen LogP contribution < -0.4 is 19.6 Å². The lowest BCUT2D eigenvalue weighted by atomic mass is 10.2. The van der Waals surface area contributed by atoms with Crippen molar-refractivity contribution in [2.75, 3.05) is 6.61 Å². The Morgan fingerprint density at radius 1 is 1.15 bits per heavy atom. The van der Waals surface area contributed by atoms with Crippen LogP contribution in [-0.2, 0) is 0 Å². The van der Waals surface area contributed by atoms with Crippen molar-refractivity contribution in [2.24, 2.45) is 0 Å². The monoisotopic (exact) mass is 441 g/mol. The Morgan fingerprint density at radius 3 is 2.74 bits per heavy atom. The van der Waals surface area contributed by atoms with Crippen molar-refractivity contribution in [1.82, 2.24) is 14.6 Å². The summed E-state index contributed by atoms with van der Waals surface area (Å²) in [4.78, 5) is 17.7. The maximum absolute atomic E-state index is 12.7. The molecule has 27 heavy (non-hydrogen) atoms. The average Bonchev–Trinajstić information content (AvgIpc) is 3.23. The number of halogens is 1. The Bertz CT molecular complexity index is 1270. The third-order valence-electron chi connectivity index (χ3n) is 4.19. The molecule has 1 atom stereocenters. The fourth-order valence-corrected chi connectivity index (χ4v) is 4.17. The van der Waals surface area contributed by atoms with Gasteiger partial charge < -0.3 is 9.47 Å². The molecular formula is C19H12BrN3O3S. The molecule has 0 aliphatic carbocycles. The molecule has 5 rings (SSSR count). The zero-order chi connectivity index (χ0) is 18.4. The summed E-state index contributed by atoms with van der Waals surface area (Å²) in [6.07, 6.45) is 1.39. The molecule has 0 N–H and O–H groups in total. The van der Waals surface area contributed by atoms with E-state index in [1.807, 2.05) is 54.6 Å². The van der Waals surface area contributed by atoms with Gasteiger partial charge in [0.05, 0.1) is 4.53 Å². The van der Waals surface area contributed by atoms with Crippen molar-refractivity contribution in [3.63, 3.8) is 0 Å². The molecule has 2 aromatic heterocycles. The highest BCUT2D eigenvalue weighted by atomic mass is 79.9. The van der Waals surface area contributed by atoms with E-state index in [0.717, 1.165) is 10.0 Å². The second-order valence-electron chi connectivity index (χ2n) is 5.97. The number of aromatic nitrogens is 3. The molecule has 0 fully saturated rings. The first-order chi connectivity index (χ1) is 13.2. The van der Waals surface area contributed by atoms with E-state index in [-0.39, 0.29) is 5.56 Å². The van der Waals surface area contributed by atoms with Crippen LogP contribution >= 0.6 is 27.3 Å². The number of ether oxygens (including phenoxy) is 2. The van der Waals surface area contributed by atoms with Crippen LogP contribution in [0, 0.1) is 0 Å². The zero-order valence-electron chi connectivity index (χ0n) is 13.8. The summed E-state index contributed by atoms with van der Waals surface area (Å²) in [7, 11) is 0. The minimum Gasteiger partial charge on any atom is -0.485 e. The Hall–Kier alpha value is -2.71. The Kier molecular flexibility index (Phi) is 3.95. The highest BCUT2D eigenvalue weighted by Gasteiger charge is 2.27. The number of thiazole rings is 1. The molecule has 0 saturated carbocycles. The van der Waals surface area contributed by atoms with E-state index in [1.165, 1.54) is 15.9 Å². The van der Waals surface area contributed by atoms with E-state index in [9.17, 15) is 4.79 Å². The molecular weight excluding hydrogens is 430 g/mol. The minimum absolute atomic E-state index is 0.193. The number of rotatable bonds is 2. The molecule has 0 amide bonds. The van der Waals surface area contributed by atoms with Gasteiger partial charge in [0.25, 0.3) is 5.56 Å². The molecule has 134 valence electrons. The lowest BCUT2D eigenvalue weighted by Gasteiger charge is -2.24. The van der Waals surface area contributed by atoms with E-state index in [4.69, 9.17) is 9.47 Å². The molecule has 0 radical (unpaired) electrons. The first kappa shape index (κ1) is 16.5. The van der Waals surface area contributed by atoms with Crippen LogP contribution in [0.5, 0.6) is 11.5 Å². The van der Waals surface area contributed by atoms with Crippen molar-refractivity contribution in [3.8, 4) is 11.5 Å². The molecule has 0 unspecified atom stereocenters. The maximum Gasteiger partial charge on any atom is 0.291 e. The molecule has 4 aromatic rings. The first-order valence-corrected chi connectivity index (χ1v) is 9.84. The molecule has 0 spiro atoms. The summed E-state index contributed by atoms with van der Waals surface area (Å²) >= 11 is 4.79. The summed E-state index contributed by atoms with van der Waals surface area (Å²) in [6.45, 7) is 0.305. The predicted octanol–water partition coefficient (Wildman–Crippen LogP) is 2.97. The van der Waals surface area contributed by atoms with Crippen molar-refractivity contribution >= 4 is 38.3 Å². The minimum atomic E-state index is -0.443. The standard InChI is InChI=1S/C19H12BrN3O3S/c20-12-6-2-1-5-11(12)9-16-18(24)23-19(27-16)21-17(22-23)15-10-25-13-7-3-4-8-14(13)26-15/h1-9,15H,10H2/t15-/m1/s1. The molecule has 8 heteroatoms. The lowest BCUT2D eigenvalue weighted by Crippen LogP contribution is -2.26. The van der Waals surface area contributed by atoms with E-state index in [0.29, 0.717) is 33.4 Å². The Balaban J connectivity index is 1.52. The number of para-hydroxylation sites is 2. The largest absolute Gasteiger partial charge is 0.485 e. The summed E-state index contributed by atoms with van der Waals surface area (Å²) < 4.78 is 14.5. The quantitative estimate of drug-likeness (QED) is 0.478. The van der Waals surface area contributed by atoms with Gasteiger partial charge in [-0.3, -0.25) is 4.79 Å². The van der Waals surface area contributed by atoms with E-state index in [2.05, 4.69) is 26.0 Å². The van der Waals surface area contributed by atoms with Crippen LogP contribution in [0.1, 0.15) is 17.5 Å². The van der Waals surface area contributed by atoms with Gasteiger partial charge in [-0.1, -0.05) is 57.6 Å². The molecule has 2 aromatic carbocycles. The van der Waals surface area contributed by atoms with Crippen molar-refractivity contribution in [1.29, 1.82) is 0 Å². The lowest BCUT2D eigenvalue weighted by molar-refractivity contribution is 0.0852. The smallest absolute Gasteiger partial charge is 0.291 e. The molecule has 1 aliphatic rings. The molecule has 0 saturated heterocycles. The van der Waals surface area contributed by atoms with Gasteiger partial charge in [0.15, 0.2) is 23.4 Å². The van der Waals surface area contributed by atoms with Crippen molar-refractivity contribution in [2.45, 2.75) is 6.10 Å². The van der Waals surface area contributed by atoms with Crippen LogP contribution in [0.25, 0.3) is 11.0 Å². The van der Waals surface area contributed by atoms with E-state index < -0.39 is 6.10 Å². The van der Waals surface area contributed by atoms with Crippen molar-refractivity contribution < 1.29 is 9.47 Å². The van der Waals surface area contributed by atoms with Gasteiger partial charge >= 0.3 is 0 Å². The molecule has 3 heterocycles. The third-order valence-corrected chi connectivity index (χ3v) is 5.87. The van der Waals surface area contributed by atoms with E-state index >= 15 is 0 Å². The highest BCUT2D eigenvalue weighted by Crippen LogP contribution is 2.35. The summed E-state index contributed by atoms with van der Waals surface area (Å²) in [5.74, 6) is 1.79. The van der Waals surface area contributed by atoms with Gasteiger partial charge in [0.1, 0.15) is 6.61 Å². The SMILES string of the molecule is O=c1c(=Cc2ccccc2Br)sc2nc([C@H]3COc4ccccc4O3)nn12. The second kappa shape index (κ2) is 6.47. The van der Waals surface area contributed by atoms with Gasteiger partial charge in [-0.15, -0.1) is 5.10 Å². The van der Waals surface area contributed by atoms with E-state index in [1.54, 1.807) is 0 Å². The first-order valence-electron chi connectivity index (χ1n) is 8.23. The fraction of sp³-hybridized carbons (Fsp3) is 0.105. The predicted molar refractivity (Wildman–Crippen MR) is 105 cm³/mol. The number of hydrogen-bond donors (Lipinski definition) is 0. The van der Waals surface area contributed by atoms with Crippen LogP contribution in [-0.4, -0.2) is 21.2 Å². The highest BCUT2D eigenvalue weighted by molar-refractivity contribution is 9.10. The number of benzene rings is 2. The molecule has 1 aliphatic heterocycles. The summed E-state index contributed by atoms with van der Waals surface area (Å²) in [6, 6.07) is 15.2. The van der Waals surface area contributed by atoms with Gasteiger partial charge in [-0.05, 0) is 29.8 Å². The van der Waals surface area contributed by atoms with Crippen LogP contribution in [0.3, 0.4) is 0 Å². The molecule has 0 bridgehead atoms. The number of nitrogens with zero attached hydrogens (tertiary/aromatic N) is 3. The third kappa shape index (κ3) is 2.90. The zero-order valence-corrected chi connectivity index (χ0v) is 16.2. The molecule has 6 nitrogen and oxygen atoms in total. The van der Waals surface area contributed by atoms with Gasteiger partial charge in [-0.2, -0.15) is 9.50 Å². The Labute approximate surface area is 165 Å². The normalized spacial score (nSPS) is 16.8. The second-order valence-corrected chi connectivity index (χ2v) is 7.83.